The highest BCUT2D eigenvalue weighted by molar-refractivity contribution is 5.79. The second-order valence-corrected chi connectivity index (χ2v) is 4.64. The molecule has 0 aromatic heterocycles. The summed E-state index contributed by atoms with van der Waals surface area (Å²) in [6, 6.07) is 0. The lowest BCUT2D eigenvalue weighted by Crippen LogP contribution is -2.21. The lowest BCUT2D eigenvalue weighted by Gasteiger charge is -2.19. The zero-order valence-electron chi connectivity index (χ0n) is 8.03. The minimum atomic E-state index is -0.861. The Bertz CT molecular complexity index is 256. The minimum Gasteiger partial charge on any atom is -0.478 e. The van der Waals surface area contributed by atoms with Crippen molar-refractivity contribution in [3.05, 3.63) is 12.3 Å². The first-order valence-corrected chi connectivity index (χ1v) is 4.67. The molecule has 2 rings (SSSR count). The van der Waals surface area contributed by atoms with Crippen molar-refractivity contribution in [2.24, 2.45) is 17.3 Å². The fourth-order valence-electron chi connectivity index (χ4n) is 2.45. The summed E-state index contributed by atoms with van der Waals surface area (Å²) in [7, 11) is 0. The van der Waals surface area contributed by atoms with Gasteiger partial charge in [0.2, 0.25) is 0 Å². The Kier molecular flexibility index (Phi) is 1.65. The number of hydrogen-bond donors (Lipinski definition) is 1. The van der Waals surface area contributed by atoms with Gasteiger partial charge in [-0.2, -0.15) is 0 Å². The molecule has 3 heteroatoms. The molecular weight excluding hydrogens is 166 g/mol. The number of carboxylic acids is 1. The molecule has 1 saturated carbocycles. The van der Waals surface area contributed by atoms with Crippen LogP contribution in [-0.2, 0) is 4.79 Å². The normalized spacial score (nSPS) is 35.1. The SMILES string of the molecule is CC1(C)C2CN(/C=C/C(=O)O)CC21. The number of fused-ring (bicyclic) bond motifs is 1. The summed E-state index contributed by atoms with van der Waals surface area (Å²) in [5.74, 6) is 0.705. The summed E-state index contributed by atoms with van der Waals surface area (Å²) in [6.07, 6.45) is 2.92. The van der Waals surface area contributed by atoms with E-state index < -0.39 is 5.97 Å². The molecule has 2 atom stereocenters. The van der Waals surface area contributed by atoms with Crippen LogP contribution in [-0.4, -0.2) is 29.1 Å². The highest BCUT2D eigenvalue weighted by Crippen LogP contribution is 2.61. The minimum absolute atomic E-state index is 0.508. The number of aliphatic carboxylic acids is 1. The first-order valence-electron chi connectivity index (χ1n) is 4.67. The van der Waals surface area contributed by atoms with Crippen molar-refractivity contribution in [1.82, 2.24) is 4.90 Å². The topological polar surface area (TPSA) is 40.5 Å². The zero-order valence-corrected chi connectivity index (χ0v) is 8.03. The summed E-state index contributed by atoms with van der Waals surface area (Å²) in [5, 5.41) is 8.44. The van der Waals surface area contributed by atoms with Crippen molar-refractivity contribution >= 4 is 5.97 Å². The second-order valence-electron chi connectivity index (χ2n) is 4.64. The molecule has 2 fully saturated rings. The van der Waals surface area contributed by atoms with Crippen LogP contribution in [0.3, 0.4) is 0 Å². The van der Waals surface area contributed by atoms with Gasteiger partial charge in [0, 0.05) is 25.4 Å². The standard InChI is InChI=1S/C10H15NO2/c1-10(2)7-5-11(6-8(7)10)4-3-9(12)13/h3-4,7-8H,5-6H2,1-2H3,(H,12,13)/b4-3+. The van der Waals surface area contributed by atoms with E-state index in [1.165, 1.54) is 6.08 Å². The molecule has 0 aromatic carbocycles. The first kappa shape index (κ1) is 8.60. The maximum absolute atomic E-state index is 10.3. The first-order chi connectivity index (χ1) is 6.01. The lowest BCUT2D eigenvalue weighted by molar-refractivity contribution is -0.131. The van der Waals surface area contributed by atoms with Crippen LogP contribution in [0.1, 0.15) is 13.8 Å². The van der Waals surface area contributed by atoms with Gasteiger partial charge >= 0.3 is 5.97 Å². The Labute approximate surface area is 78.0 Å². The van der Waals surface area contributed by atoms with E-state index in [9.17, 15) is 4.79 Å². The van der Waals surface area contributed by atoms with Gasteiger partial charge in [-0.15, -0.1) is 0 Å². The van der Waals surface area contributed by atoms with Gasteiger partial charge in [-0.3, -0.25) is 0 Å². The molecule has 1 saturated heterocycles. The molecule has 1 heterocycles. The van der Waals surface area contributed by atoms with Crippen molar-refractivity contribution in [1.29, 1.82) is 0 Å². The third kappa shape index (κ3) is 1.32. The van der Waals surface area contributed by atoms with E-state index in [-0.39, 0.29) is 0 Å². The molecule has 0 spiro atoms. The average Bonchev–Trinajstić information content (AvgIpc) is 2.51. The van der Waals surface area contributed by atoms with Gasteiger partial charge in [0.25, 0.3) is 0 Å². The summed E-state index contributed by atoms with van der Waals surface area (Å²) in [5.41, 5.74) is 0.508. The van der Waals surface area contributed by atoms with Crippen LogP contribution in [0, 0.1) is 17.3 Å². The third-order valence-corrected chi connectivity index (χ3v) is 3.58. The molecule has 0 amide bonds. The van der Waals surface area contributed by atoms with Gasteiger partial charge in [-0.05, 0) is 17.3 Å². The van der Waals surface area contributed by atoms with Gasteiger partial charge in [-0.1, -0.05) is 13.8 Å². The average molecular weight is 181 g/mol. The Balaban J connectivity index is 1.87. The van der Waals surface area contributed by atoms with Crippen LogP contribution in [0.2, 0.25) is 0 Å². The van der Waals surface area contributed by atoms with Gasteiger partial charge < -0.3 is 10.0 Å². The number of carboxylic acid groups (broad SMARTS) is 1. The molecule has 1 aliphatic carbocycles. The molecule has 72 valence electrons. The fourth-order valence-corrected chi connectivity index (χ4v) is 2.45. The maximum atomic E-state index is 10.3. The number of likely N-dealkylation sites (tertiary alicyclic amines) is 1. The van der Waals surface area contributed by atoms with E-state index in [2.05, 4.69) is 18.7 Å². The molecule has 0 radical (unpaired) electrons. The number of piperidine rings is 1. The van der Waals surface area contributed by atoms with Gasteiger partial charge in [0.15, 0.2) is 0 Å². The van der Waals surface area contributed by atoms with E-state index in [0.29, 0.717) is 5.41 Å². The van der Waals surface area contributed by atoms with E-state index in [0.717, 1.165) is 24.9 Å². The predicted molar refractivity (Wildman–Crippen MR) is 49.1 cm³/mol. The fraction of sp³-hybridized carbons (Fsp3) is 0.700. The highest BCUT2D eigenvalue weighted by atomic mass is 16.4. The highest BCUT2D eigenvalue weighted by Gasteiger charge is 2.61. The van der Waals surface area contributed by atoms with Crippen LogP contribution >= 0.6 is 0 Å². The van der Waals surface area contributed by atoms with E-state index in [1.54, 1.807) is 6.20 Å². The molecule has 0 bridgehead atoms. The van der Waals surface area contributed by atoms with Crippen LogP contribution in [0.5, 0.6) is 0 Å². The van der Waals surface area contributed by atoms with E-state index in [1.807, 2.05) is 0 Å². The number of carbonyl (C=O) groups is 1. The number of hydrogen-bond acceptors (Lipinski definition) is 2. The monoisotopic (exact) mass is 181 g/mol. The number of rotatable bonds is 2. The smallest absolute Gasteiger partial charge is 0.329 e. The van der Waals surface area contributed by atoms with Gasteiger partial charge in [0.05, 0.1) is 0 Å². The zero-order chi connectivity index (χ0) is 9.64. The van der Waals surface area contributed by atoms with Crippen molar-refractivity contribution in [3.63, 3.8) is 0 Å². The molecule has 1 N–H and O–H groups in total. The summed E-state index contributed by atoms with van der Waals surface area (Å²) >= 11 is 0. The van der Waals surface area contributed by atoms with Crippen LogP contribution in [0.15, 0.2) is 12.3 Å². The van der Waals surface area contributed by atoms with Gasteiger partial charge in [-0.25, -0.2) is 4.79 Å². The molecular formula is C10H15NO2. The lowest BCUT2D eigenvalue weighted by atomic mass is 10.1. The van der Waals surface area contributed by atoms with Crippen molar-refractivity contribution in [2.75, 3.05) is 13.1 Å². The Morgan fingerprint density at radius 3 is 2.46 bits per heavy atom. The second kappa shape index (κ2) is 2.50. The third-order valence-electron chi connectivity index (χ3n) is 3.58. The molecule has 0 aromatic rings. The number of nitrogens with zero attached hydrogens (tertiary/aromatic N) is 1. The van der Waals surface area contributed by atoms with Crippen LogP contribution in [0.4, 0.5) is 0 Å². The largest absolute Gasteiger partial charge is 0.478 e. The molecule has 3 nitrogen and oxygen atoms in total. The quantitative estimate of drug-likeness (QED) is 0.650. The molecule has 2 aliphatic rings. The summed E-state index contributed by atoms with van der Waals surface area (Å²) in [6.45, 7) is 6.64. The Morgan fingerprint density at radius 1 is 1.46 bits per heavy atom. The van der Waals surface area contributed by atoms with Crippen molar-refractivity contribution in [2.45, 2.75) is 13.8 Å². The molecule has 2 unspecified atom stereocenters. The van der Waals surface area contributed by atoms with Crippen molar-refractivity contribution in [3.8, 4) is 0 Å². The summed E-state index contributed by atoms with van der Waals surface area (Å²) < 4.78 is 0. The molecule has 1 aliphatic heterocycles. The predicted octanol–water partition coefficient (Wildman–Crippen LogP) is 1.17. The van der Waals surface area contributed by atoms with Crippen LogP contribution < -0.4 is 0 Å². The van der Waals surface area contributed by atoms with E-state index >= 15 is 0 Å². The Hall–Kier alpha value is -0.990. The Morgan fingerprint density at radius 2 is 2.00 bits per heavy atom. The van der Waals surface area contributed by atoms with Gasteiger partial charge in [0.1, 0.15) is 0 Å². The summed E-state index contributed by atoms with van der Waals surface area (Å²) in [4.78, 5) is 12.4. The van der Waals surface area contributed by atoms with Crippen molar-refractivity contribution < 1.29 is 9.90 Å². The van der Waals surface area contributed by atoms with E-state index in [4.69, 9.17) is 5.11 Å². The molecule has 13 heavy (non-hydrogen) atoms. The van der Waals surface area contributed by atoms with Crippen LogP contribution in [0.25, 0.3) is 0 Å². The maximum Gasteiger partial charge on any atom is 0.329 e.